The van der Waals surface area contributed by atoms with E-state index >= 15 is 0 Å². The molecule has 98 valence electrons. The highest BCUT2D eigenvalue weighted by molar-refractivity contribution is 5.74. The Labute approximate surface area is 102 Å². The SMILES string of the molecule is COC(=O)C(C)C1CN(C(=O)OC(C)(C)C)C1. The zero-order valence-corrected chi connectivity index (χ0v) is 11.1. The van der Waals surface area contributed by atoms with E-state index in [1.807, 2.05) is 27.7 Å². The van der Waals surface area contributed by atoms with Crippen molar-refractivity contribution in [2.45, 2.75) is 33.3 Å². The van der Waals surface area contributed by atoms with E-state index in [0.717, 1.165) is 0 Å². The number of hydrogen-bond acceptors (Lipinski definition) is 4. The van der Waals surface area contributed by atoms with E-state index < -0.39 is 5.60 Å². The van der Waals surface area contributed by atoms with Crippen LogP contribution in [0.2, 0.25) is 0 Å². The summed E-state index contributed by atoms with van der Waals surface area (Å²) < 4.78 is 9.90. The highest BCUT2D eigenvalue weighted by Gasteiger charge is 2.39. The number of carbonyl (C=O) groups excluding carboxylic acids is 2. The van der Waals surface area contributed by atoms with Crippen LogP contribution in [-0.4, -0.2) is 42.8 Å². The molecule has 1 heterocycles. The molecule has 1 atom stereocenters. The molecule has 0 radical (unpaired) electrons. The van der Waals surface area contributed by atoms with Crippen molar-refractivity contribution in [2.24, 2.45) is 11.8 Å². The lowest BCUT2D eigenvalue weighted by Crippen LogP contribution is -2.54. The molecule has 1 saturated heterocycles. The van der Waals surface area contributed by atoms with Crippen LogP contribution in [0.1, 0.15) is 27.7 Å². The molecule has 1 aliphatic rings. The molecule has 0 aromatic carbocycles. The Kier molecular flexibility index (Phi) is 4.01. The Bertz CT molecular complexity index is 302. The van der Waals surface area contributed by atoms with E-state index in [-0.39, 0.29) is 23.9 Å². The zero-order chi connectivity index (χ0) is 13.2. The first-order valence-corrected chi connectivity index (χ1v) is 5.80. The van der Waals surface area contributed by atoms with Gasteiger partial charge in [-0.3, -0.25) is 4.79 Å². The van der Waals surface area contributed by atoms with Crippen molar-refractivity contribution in [3.05, 3.63) is 0 Å². The highest BCUT2D eigenvalue weighted by Crippen LogP contribution is 2.26. The van der Waals surface area contributed by atoms with Gasteiger partial charge in [0.2, 0.25) is 0 Å². The van der Waals surface area contributed by atoms with Crippen molar-refractivity contribution in [3.8, 4) is 0 Å². The highest BCUT2D eigenvalue weighted by atomic mass is 16.6. The van der Waals surface area contributed by atoms with Gasteiger partial charge in [0.05, 0.1) is 13.0 Å². The maximum atomic E-state index is 11.6. The van der Waals surface area contributed by atoms with E-state index in [4.69, 9.17) is 4.74 Å². The molecule has 0 aliphatic carbocycles. The molecule has 0 spiro atoms. The quantitative estimate of drug-likeness (QED) is 0.692. The molecule has 1 aliphatic heterocycles. The largest absolute Gasteiger partial charge is 0.469 e. The van der Waals surface area contributed by atoms with E-state index in [1.54, 1.807) is 4.90 Å². The molecule has 5 nitrogen and oxygen atoms in total. The molecule has 0 aromatic heterocycles. The third kappa shape index (κ3) is 3.61. The predicted octanol–water partition coefficient (Wildman–Crippen LogP) is 1.66. The summed E-state index contributed by atoms with van der Waals surface area (Å²) in [5.41, 5.74) is -0.476. The summed E-state index contributed by atoms with van der Waals surface area (Å²) in [5.74, 6) is -0.215. The Hall–Kier alpha value is -1.26. The third-order valence-electron chi connectivity index (χ3n) is 2.84. The molecule has 5 heteroatoms. The number of likely N-dealkylation sites (tertiary alicyclic amines) is 1. The van der Waals surface area contributed by atoms with Gasteiger partial charge in [-0.2, -0.15) is 0 Å². The number of nitrogens with zero attached hydrogens (tertiary/aromatic N) is 1. The second-order valence-corrected chi connectivity index (χ2v) is 5.46. The third-order valence-corrected chi connectivity index (χ3v) is 2.84. The summed E-state index contributed by atoms with van der Waals surface area (Å²) in [6.07, 6.45) is -0.314. The topological polar surface area (TPSA) is 55.8 Å². The Balaban J connectivity index is 2.37. The lowest BCUT2D eigenvalue weighted by atomic mass is 9.87. The maximum Gasteiger partial charge on any atom is 0.410 e. The Morgan fingerprint density at radius 2 is 1.82 bits per heavy atom. The summed E-state index contributed by atoms with van der Waals surface area (Å²) in [5, 5.41) is 0. The molecule has 17 heavy (non-hydrogen) atoms. The molecular formula is C12H21NO4. The summed E-state index contributed by atoms with van der Waals surface area (Å²) in [7, 11) is 1.38. The monoisotopic (exact) mass is 243 g/mol. The van der Waals surface area contributed by atoms with Gasteiger partial charge in [-0.1, -0.05) is 6.92 Å². The minimum atomic E-state index is -0.476. The van der Waals surface area contributed by atoms with Crippen LogP contribution in [0, 0.1) is 11.8 Å². The molecule has 0 bridgehead atoms. The summed E-state index contributed by atoms with van der Waals surface area (Å²) in [4.78, 5) is 24.5. The summed E-state index contributed by atoms with van der Waals surface area (Å²) in [6.45, 7) is 8.44. The van der Waals surface area contributed by atoms with Gasteiger partial charge in [0.1, 0.15) is 5.60 Å². The van der Waals surface area contributed by atoms with Crippen molar-refractivity contribution in [1.82, 2.24) is 4.90 Å². The second kappa shape index (κ2) is 4.94. The second-order valence-electron chi connectivity index (χ2n) is 5.46. The van der Waals surface area contributed by atoms with Gasteiger partial charge in [-0.25, -0.2) is 4.79 Å². The van der Waals surface area contributed by atoms with Crippen molar-refractivity contribution in [1.29, 1.82) is 0 Å². The van der Waals surface area contributed by atoms with Gasteiger partial charge < -0.3 is 14.4 Å². The average molecular weight is 243 g/mol. The normalized spacial score (nSPS) is 18.3. The Morgan fingerprint density at radius 3 is 2.24 bits per heavy atom. The fourth-order valence-electron chi connectivity index (χ4n) is 1.68. The number of ether oxygens (including phenoxy) is 2. The van der Waals surface area contributed by atoms with Crippen LogP contribution in [-0.2, 0) is 14.3 Å². The predicted molar refractivity (Wildman–Crippen MR) is 62.5 cm³/mol. The lowest BCUT2D eigenvalue weighted by molar-refractivity contribution is -0.149. The van der Waals surface area contributed by atoms with Crippen LogP contribution in [0.3, 0.4) is 0 Å². The summed E-state index contributed by atoms with van der Waals surface area (Å²) in [6, 6.07) is 0. The van der Waals surface area contributed by atoms with Gasteiger partial charge >= 0.3 is 12.1 Å². The molecular weight excluding hydrogens is 222 g/mol. The average Bonchev–Trinajstić information content (AvgIpc) is 2.10. The van der Waals surface area contributed by atoms with Gasteiger partial charge in [0, 0.05) is 19.0 Å². The van der Waals surface area contributed by atoms with Gasteiger partial charge in [-0.05, 0) is 20.8 Å². The van der Waals surface area contributed by atoms with Crippen molar-refractivity contribution >= 4 is 12.1 Å². The zero-order valence-electron chi connectivity index (χ0n) is 11.1. The molecule has 0 saturated carbocycles. The van der Waals surface area contributed by atoms with E-state index in [2.05, 4.69) is 4.74 Å². The van der Waals surface area contributed by atoms with Crippen LogP contribution in [0.5, 0.6) is 0 Å². The van der Waals surface area contributed by atoms with E-state index in [9.17, 15) is 9.59 Å². The van der Waals surface area contributed by atoms with Crippen molar-refractivity contribution < 1.29 is 19.1 Å². The van der Waals surface area contributed by atoms with Crippen LogP contribution < -0.4 is 0 Å². The minimum absolute atomic E-state index is 0.168. The van der Waals surface area contributed by atoms with Crippen LogP contribution in [0.25, 0.3) is 0 Å². The number of carbonyl (C=O) groups is 2. The first kappa shape index (κ1) is 13.8. The molecule has 1 fully saturated rings. The smallest absolute Gasteiger partial charge is 0.410 e. The molecule has 1 unspecified atom stereocenters. The molecule has 1 amide bonds. The van der Waals surface area contributed by atoms with E-state index in [0.29, 0.717) is 13.1 Å². The molecule has 0 N–H and O–H groups in total. The lowest BCUT2D eigenvalue weighted by Gasteiger charge is -2.41. The first-order chi connectivity index (χ1) is 7.74. The number of amides is 1. The van der Waals surface area contributed by atoms with Crippen LogP contribution in [0.4, 0.5) is 4.79 Å². The number of esters is 1. The van der Waals surface area contributed by atoms with Crippen LogP contribution >= 0.6 is 0 Å². The van der Waals surface area contributed by atoms with E-state index in [1.165, 1.54) is 7.11 Å². The first-order valence-electron chi connectivity index (χ1n) is 5.80. The summed E-state index contributed by atoms with van der Waals surface area (Å²) >= 11 is 0. The fourth-order valence-corrected chi connectivity index (χ4v) is 1.68. The number of hydrogen-bond donors (Lipinski definition) is 0. The van der Waals surface area contributed by atoms with Crippen LogP contribution in [0.15, 0.2) is 0 Å². The van der Waals surface area contributed by atoms with Crippen molar-refractivity contribution in [2.75, 3.05) is 20.2 Å². The maximum absolute atomic E-state index is 11.6. The van der Waals surface area contributed by atoms with Gasteiger partial charge in [0.25, 0.3) is 0 Å². The molecule has 0 aromatic rings. The number of rotatable bonds is 2. The standard InChI is InChI=1S/C12H21NO4/c1-8(10(14)16-5)9-6-13(7-9)11(15)17-12(2,3)4/h8-9H,6-7H2,1-5H3. The van der Waals surface area contributed by atoms with Gasteiger partial charge in [0.15, 0.2) is 0 Å². The number of methoxy groups -OCH3 is 1. The minimum Gasteiger partial charge on any atom is -0.469 e. The van der Waals surface area contributed by atoms with Crippen molar-refractivity contribution in [3.63, 3.8) is 0 Å². The fraction of sp³-hybridized carbons (Fsp3) is 0.833. The van der Waals surface area contributed by atoms with Gasteiger partial charge in [-0.15, -0.1) is 0 Å². The Morgan fingerprint density at radius 1 is 1.29 bits per heavy atom. The molecule has 1 rings (SSSR count).